The minimum atomic E-state index is -0.837. The van der Waals surface area contributed by atoms with Gasteiger partial charge < -0.3 is 15.6 Å². The van der Waals surface area contributed by atoms with E-state index in [9.17, 15) is 9.90 Å². The topological polar surface area (TPSA) is 96.3 Å². The zero-order valence-corrected chi connectivity index (χ0v) is 9.65. The second-order valence-electron chi connectivity index (χ2n) is 3.09. The maximum atomic E-state index is 10.9. The highest BCUT2D eigenvalue weighted by Crippen LogP contribution is 2.35. The van der Waals surface area contributed by atoms with E-state index in [-0.39, 0.29) is 22.1 Å². The summed E-state index contributed by atoms with van der Waals surface area (Å²) in [4.78, 5) is 10.9. The SMILES string of the molecule is COc1cc(/C=C(\C#N)C(N)=O)cc(Cl)c1O. The molecule has 0 radical (unpaired) electrons. The molecule has 0 atom stereocenters. The molecule has 0 saturated carbocycles. The molecule has 0 aliphatic carbocycles. The number of carbonyl (C=O) groups excluding carboxylic acids is 1. The van der Waals surface area contributed by atoms with E-state index in [4.69, 9.17) is 27.3 Å². The van der Waals surface area contributed by atoms with Crippen LogP contribution in [0, 0.1) is 11.3 Å². The number of nitrogens with two attached hydrogens (primary N) is 1. The summed E-state index contributed by atoms with van der Waals surface area (Å²) in [7, 11) is 1.36. The Morgan fingerprint density at radius 3 is 2.76 bits per heavy atom. The molecule has 0 heterocycles. The molecule has 0 bridgehead atoms. The third-order valence-electron chi connectivity index (χ3n) is 1.97. The largest absolute Gasteiger partial charge is 0.503 e. The van der Waals surface area contributed by atoms with Crippen LogP contribution in [-0.4, -0.2) is 18.1 Å². The Bertz CT molecular complexity index is 532. The minimum Gasteiger partial charge on any atom is -0.503 e. The van der Waals surface area contributed by atoms with Gasteiger partial charge in [0.25, 0.3) is 5.91 Å². The molecule has 0 saturated heterocycles. The molecule has 0 aliphatic heterocycles. The summed E-state index contributed by atoms with van der Waals surface area (Å²) in [5.74, 6) is -0.898. The number of benzene rings is 1. The summed E-state index contributed by atoms with van der Waals surface area (Å²) in [6.07, 6.45) is 1.26. The van der Waals surface area contributed by atoms with E-state index < -0.39 is 5.91 Å². The first kappa shape index (κ1) is 12.9. The third kappa shape index (κ3) is 2.89. The van der Waals surface area contributed by atoms with Crippen LogP contribution in [0.5, 0.6) is 11.5 Å². The highest BCUT2D eigenvalue weighted by molar-refractivity contribution is 6.32. The van der Waals surface area contributed by atoms with E-state index in [1.54, 1.807) is 6.07 Å². The number of hydrogen-bond acceptors (Lipinski definition) is 4. The van der Waals surface area contributed by atoms with Crippen molar-refractivity contribution in [1.29, 1.82) is 5.26 Å². The first-order chi connectivity index (χ1) is 7.99. The van der Waals surface area contributed by atoms with Crippen molar-refractivity contribution in [2.24, 2.45) is 5.73 Å². The summed E-state index contributed by atoms with van der Waals surface area (Å²) in [6.45, 7) is 0. The fourth-order valence-corrected chi connectivity index (χ4v) is 1.38. The molecule has 0 aromatic heterocycles. The van der Waals surface area contributed by atoms with Crippen molar-refractivity contribution in [3.8, 4) is 17.6 Å². The lowest BCUT2D eigenvalue weighted by atomic mass is 10.1. The molecule has 3 N–H and O–H groups in total. The molecule has 5 nitrogen and oxygen atoms in total. The molecule has 0 unspecified atom stereocenters. The fourth-order valence-electron chi connectivity index (χ4n) is 1.16. The number of halogens is 1. The minimum absolute atomic E-state index is 0.0531. The van der Waals surface area contributed by atoms with E-state index >= 15 is 0 Å². The second-order valence-corrected chi connectivity index (χ2v) is 3.49. The third-order valence-corrected chi connectivity index (χ3v) is 2.26. The van der Waals surface area contributed by atoms with Crippen LogP contribution in [0.4, 0.5) is 0 Å². The molecule has 1 aromatic rings. The van der Waals surface area contributed by atoms with E-state index in [1.807, 2.05) is 0 Å². The van der Waals surface area contributed by atoms with Crippen LogP contribution in [0.3, 0.4) is 0 Å². The number of nitriles is 1. The normalized spacial score (nSPS) is 10.8. The van der Waals surface area contributed by atoms with Crippen molar-refractivity contribution in [3.05, 3.63) is 28.3 Å². The Balaban J connectivity index is 3.30. The summed E-state index contributed by atoms with van der Waals surface area (Å²) >= 11 is 5.75. The Morgan fingerprint density at radius 2 is 2.29 bits per heavy atom. The quantitative estimate of drug-likeness (QED) is 0.628. The van der Waals surface area contributed by atoms with E-state index in [2.05, 4.69) is 0 Å². The number of primary amides is 1. The van der Waals surface area contributed by atoms with Crippen LogP contribution in [0.25, 0.3) is 6.08 Å². The standard InChI is InChI=1S/C11H9ClN2O3/c1-17-9-4-6(3-8(12)10(9)15)2-7(5-13)11(14)16/h2-4,15H,1H3,(H2,14,16)/b7-2+. The Kier molecular flexibility index (Phi) is 3.96. The molecule has 0 fully saturated rings. The molecule has 1 rings (SSSR count). The monoisotopic (exact) mass is 252 g/mol. The Hall–Kier alpha value is -2.19. The Morgan fingerprint density at radius 1 is 1.65 bits per heavy atom. The van der Waals surface area contributed by atoms with Crippen LogP contribution in [0.1, 0.15) is 5.56 Å². The number of ether oxygens (including phenoxy) is 1. The maximum absolute atomic E-state index is 10.9. The van der Waals surface area contributed by atoms with Gasteiger partial charge in [-0.2, -0.15) is 5.26 Å². The highest BCUT2D eigenvalue weighted by atomic mass is 35.5. The number of nitrogens with zero attached hydrogens (tertiary/aromatic N) is 1. The predicted molar refractivity (Wildman–Crippen MR) is 62.5 cm³/mol. The van der Waals surface area contributed by atoms with Crippen LogP contribution in [0.2, 0.25) is 5.02 Å². The number of phenolic OH excluding ortho intramolecular Hbond substituents is 1. The zero-order chi connectivity index (χ0) is 13.0. The lowest BCUT2D eigenvalue weighted by Crippen LogP contribution is -2.12. The zero-order valence-electron chi connectivity index (χ0n) is 8.90. The van der Waals surface area contributed by atoms with Gasteiger partial charge in [0.1, 0.15) is 11.6 Å². The lowest BCUT2D eigenvalue weighted by molar-refractivity contribution is -0.114. The number of rotatable bonds is 3. The number of aromatic hydroxyl groups is 1. The van der Waals surface area contributed by atoms with Crippen molar-refractivity contribution in [3.63, 3.8) is 0 Å². The number of phenols is 1. The first-order valence-corrected chi connectivity index (χ1v) is 4.85. The molecular formula is C11H9ClN2O3. The molecule has 17 heavy (non-hydrogen) atoms. The predicted octanol–water partition coefficient (Wildman–Crippen LogP) is 1.45. The number of amides is 1. The number of hydrogen-bond donors (Lipinski definition) is 2. The average molecular weight is 253 g/mol. The summed E-state index contributed by atoms with van der Waals surface area (Å²) in [5, 5.41) is 18.2. The van der Waals surface area contributed by atoms with Crippen LogP contribution < -0.4 is 10.5 Å². The summed E-state index contributed by atoms with van der Waals surface area (Å²) < 4.78 is 4.88. The van der Waals surface area contributed by atoms with Crippen molar-refractivity contribution < 1.29 is 14.6 Å². The molecule has 0 spiro atoms. The molecule has 1 amide bonds. The molecule has 0 aliphatic rings. The van der Waals surface area contributed by atoms with E-state index in [0.29, 0.717) is 5.56 Å². The Labute approximate surface area is 103 Å². The lowest BCUT2D eigenvalue weighted by Gasteiger charge is -2.06. The van der Waals surface area contributed by atoms with Gasteiger partial charge in [-0.15, -0.1) is 0 Å². The van der Waals surface area contributed by atoms with Gasteiger partial charge in [-0.1, -0.05) is 11.6 Å². The summed E-state index contributed by atoms with van der Waals surface area (Å²) in [6, 6.07) is 4.48. The average Bonchev–Trinajstić information content (AvgIpc) is 2.29. The van der Waals surface area contributed by atoms with Crippen molar-refractivity contribution in [2.75, 3.05) is 7.11 Å². The van der Waals surface area contributed by atoms with Gasteiger partial charge in [0.05, 0.1) is 12.1 Å². The van der Waals surface area contributed by atoms with Gasteiger partial charge in [-0.05, 0) is 23.8 Å². The number of carbonyl (C=O) groups is 1. The highest BCUT2D eigenvalue weighted by Gasteiger charge is 2.10. The van der Waals surface area contributed by atoms with Crippen molar-refractivity contribution in [1.82, 2.24) is 0 Å². The van der Waals surface area contributed by atoms with Gasteiger partial charge in [0, 0.05) is 0 Å². The maximum Gasteiger partial charge on any atom is 0.259 e. The van der Waals surface area contributed by atoms with Crippen molar-refractivity contribution in [2.45, 2.75) is 0 Å². The molecule has 6 heteroatoms. The second kappa shape index (κ2) is 5.23. The smallest absolute Gasteiger partial charge is 0.259 e. The summed E-state index contributed by atoms with van der Waals surface area (Å²) in [5.41, 5.74) is 5.21. The number of methoxy groups -OCH3 is 1. The van der Waals surface area contributed by atoms with Crippen molar-refractivity contribution >= 4 is 23.6 Å². The molecule has 88 valence electrons. The molecule has 1 aromatic carbocycles. The van der Waals surface area contributed by atoms with Gasteiger partial charge in [0.15, 0.2) is 11.5 Å². The van der Waals surface area contributed by atoms with E-state index in [0.717, 1.165) is 0 Å². The fraction of sp³-hybridized carbons (Fsp3) is 0.0909. The van der Waals surface area contributed by atoms with Gasteiger partial charge >= 0.3 is 0 Å². The van der Waals surface area contributed by atoms with Gasteiger partial charge in [0.2, 0.25) is 0 Å². The van der Waals surface area contributed by atoms with Crippen LogP contribution in [-0.2, 0) is 4.79 Å². The van der Waals surface area contributed by atoms with Gasteiger partial charge in [-0.25, -0.2) is 0 Å². The van der Waals surface area contributed by atoms with Crippen LogP contribution >= 0.6 is 11.6 Å². The van der Waals surface area contributed by atoms with E-state index in [1.165, 1.54) is 25.3 Å². The van der Waals surface area contributed by atoms with Crippen LogP contribution in [0.15, 0.2) is 17.7 Å². The van der Waals surface area contributed by atoms with Gasteiger partial charge in [-0.3, -0.25) is 4.79 Å². The first-order valence-electron chi connectivity index (χ1n) is 4.47. The molecular weight excluding hydrogens is 244 g/mol.